The van der Waals surface area contributed by atoms with E-state index in [2.05, 4.69) is 54.3 Å². The Morgan fingerprint density at radius 3 is 2.37 bits per heavy atom. The number of piperazine rings is 1. The van der Waals surface area contributed by atoms with Crippen molar-refractivity contribution >= 4 is 11.8 Å². The predicted octanol–water partition coefficient (Wildman–Crippen LogP) is 3.02. The van der Waals surface area contributed by atoms with Gasteiger partial charge < -0.3 is 4.90 Å². The average molecular weight is 385 g/mol. The highest BCUT2D eigenvalue weighted by molar-refractivity contribution is 7.98. The van der Waals surface area contributed by atoms with E-state index in [4.69, 9.17) is 5.10 Å². The molecule has 2 aromatic rings. The standard InChI is InChI=1S/C21H28N4OS/c1-15-19(14-24-12-10-23(2)11-13-24)21(26)25(17-6-7-17)22-20(15)16-4-8-18(27-3)9-5-16/h4-5,8-9,17H,6-7,10-14H2,1-3H3. The lowest BCUT2D eigenvalue weighted by atomic mass is 10.0. The highest BCUT2D eigenvalue weighted by Crippen LogP contribution is 2.34. The van der Waals surface area contributed by atoms with Crippen LogP contribution in [0.15, 0.2) is 34.0 Å². The largest absolute Gasteiger partial charge is 0.304 e. The summed E-state index contributed by atoms with van der Waals surface area (Å²) in [6.07, 6.45) is 4.21. The maximum absolute atomic E-state index is 13.2. The summed E-state index contributed by atoms with van der Waals surface area (Å²) in [6, 6.07) is 8.81. The summed E-state index contributed by atoms with van der Waals surface area (Å²) < 4.78 is 1.76. The highest BCUT2D eigenvalue weighted by atomic mass is 32.2. The van der Waals surface area contributed by atoms with Crippen molar-refractivity contribution in [3.63, 3.8) is 0 Å². The monoisotopic (exact) mass is 384 g/mol. The van der Waals surface area contributed by atoms with Gasteiger partial charge in [0.05, 0.1) is 11.7 Å². The van der Waals surface area contributed by atoms with E-state index >= 15 is 0 Å². The summed E-state index contributed by atoms with van der Waals surface area (Å²) in [5.74, 6) is 0. The fraction of sp³-hybridized carbons (Fsp3) is 0.524. The van der Waals surface area contributed by atoms with Crippen LogP contribution in [-0.2, 0) is 6.54 Å². The summed E-state index contributed by atoms with van der Waals surface area (Å²) in [5.41, 5.74) is 4.12. The van der Waals surface area contributed by atoms with Crippen LogP contribution in [-0.4, -0.2) is 59.1 Å². The molecule has 1 aromatic carbocycles. The molecule has 0 bridgehead atoms. The maximum Gasteiger partial charge on any atom is 0.271 e. The zero-order chi connectivity index (χ0) is 19.0. The van der Waals surface area contributed by atoms with Gasteiger partial charge in [-0.25, -0.2) is 4.68 Å². The first-order chi connectivity index (χ1) is 13.1. The van der Waals surface area contributed by atoms with Crippen LogP contribution in [0, 0.1) is 6.92 Å². The molecule has 4 rings (SSSR count). The Bertz CT molecular complexity index is 865. The van der Waals surface area contributed by atoms with Gasteiger partial charge in [-0.1, -0.05) is 12.1 Å². The van der Waals surface area contributed by atoms with Gasteiger partial charge in [0, 0.05) is 48.7 Å². The molecule has 0 spiro atoms. The Morgan fingerprint density at radius 1 is 1.11 bits per heavy atom. The molecule has 6 heteroatoms. The molecule has 27 heavy (non-hydrogen) atoms. The third-order valence-corrected chi connectivity index (χ3v) is 6.46. The first-order valence-corrected chi connectivity index (χ1v) is 11.0. The lowest BCUT2D eigenvalue weighted by Crippen LogP contribution is -2.45. The van der Waals surface area contributed by atoms with Crippen molar-refractivity contribution in [3.8, 4) is 11.3 Å². The number of hydrogen-bond acceptors (Lipinski definition) is 5. The molecule has 1 aliphatic heterocycles. The molecule has 2 aliphatic rings. The van der Waals surface area contributed by atoms with Gasteiger partial charge >= 0.3 is 0 Å². The van der Waals surface area contributed by atoms with Gasteiger partial charge in [0.1, 0.15) is 0 Å². The molecule has 2 heterocycles. The van der Waals surface area contributed by atoms with Gasteiger partial charge in [-0.15, -0.1) is 11.8 Å². The topological polar surface area (TPSA) is 41.4 Å². The minimum absolute atomic E-state index is 0.110. The lowest BCUT2D eigenvalue weighted by Gasteiger charge is -2.32. The van der Waals surface area contributed by atoms with Gasteiger partial charge in [-0.2, -0.15) is 5.10 Å². The second kappa shape index (κ2) is 7.78. The first kappa shape index (κ1) is 18.7. The highest BCUT2D eigenvalue weighted by Gasteiger charge is 2.29. The van der Waals surface area contributed by atoms with Crippen molar-refractivity contribution in [1.82, 2.24) is 19.6 Å². The van der Waals surface area contributed by atoms with Gasteiger partial charge in [0.2, 0.25) is 0 Å². The molecule has 0 N–H and O–H groups in total. The van der Waals surface area contributed by atoms with Crippen LogP contribution in [0.4, 0.5) is 0 Å². The number of likely N-dealkylation sites (N-methyl/N-ethyl adjacent to an activating group) is 1. The Balaban J connectivity index is 1.73. The molecule has 0 amide bonds. The summed E-state index contributed by atoms with van der Waals surface area (Å²) in [7, 11) is 2.16. The zero-order valence-electron chi connectivity index (χ0n) is 16.4. The van der Waals surface area contributed by atoms with Crippen molar-refractivity contribution in [2.24, 2.45) is 0 Å². The summed E-state index contributed by atoms with van der Waals surface area (Å²) in [4.78, 5) is 19.1. The summed E-state index contributed by atoms with van der Waals surface area (Å²) in [6.45, 7) is 6.93. The Labute approximate surface area is 165 Å². The van der Waals surface area contributed by atoms with Crippen molar-refractivity contribution in [2.75, 3.05) is 39.5 Å². The van der Waals surface area contributed by atoms with Crippen molar-refractivity contribution in [2.45, 2.75) is 37.2 Å². The van der Waals surface area contributed by atoms with E-state index < -0.39 is 0 Å². The molecular formula is C21H28N4OS. The Hall–Kier alpha value is -1.63. The van der Waals surface area contributed by atoms with E-state index in [1.807, 2.05) is 0 Å². The smallest absolute Gasteiger partial charge is 0.271 e. The van der Waals surface area contributed by atoms with Crippen LogP contribution < -0.4 is 5.56 Å². The molecule has 0 radical (unpaired) electrons. The second-order valence-corrected chi connectivity index (χ2v) is 8.62. The third-order valence-electron chi connectivity index (χ3n) is 5.72. The van der Waals surface area contributed by atoms with E-state index in [-0.39, 0.29) is 11.6 Å². The first-order valence-electron chi connectivity index (χ1n) is 9.74. The Morgan fingerprint density at radius 2 is 1.78 bits per heavy atom. The lowest BCUT2D eigenvalue weighted by molar-refractivity contribution is 0.147. The number of hydrogen-bond donors (Lipinski definition) is 0. The molecular weight excluding hydrogens is 356 g/mol. The van der Waals surface area contributed by atoms with E-state index in [0.29, 0.717) is 0 Å². The molecule has 144 valence electrons. The van der Waals surface area contributed by atoms with E-state index in [1.54, 1.807) is 16.4 Å². The fourth-order valence-electron chi connectivity index (χ4n) is 3.68. The van der Waals surface area contributed by atoms with Gasteiger partial charge in [-0.05, 0) is 50.8 Å². The molecule has 1 saturated carbocycles. The van der Waals surface area contributed by atoms with Crippen LogP contribution in [0.3, 0.4) is 0 Å². The number of benzene rings is 1. The number of aromatic nitrogens is 2. The minimum atomic E-state index is 0.110. The molecule has 5 nitrogen and oxygen atoms in total. The van der Waals surface area contributed by atoms with Crippen molar-refractivity contribution < 1.29 is 0 Å². The minimum Gasteiger partial charge on any atom is -0.304 e. The van der Waals surface area contributed by atoms with Crippen LogP contribution in [0.1, 0.15) is 30.0 Å². The molecule has 1 saturated heterocycles. The van der Waals surface area contributed by atoms with Gasteiger partial charge in [0.25, 0.3) is 5.56 Å². The zero-order valence-corrected chi connectivity index (χ0v) is 17.3. The molecule has 0 unspecified atom stereocenters. The number of thioether (sulfide) groups is 1. The van der Waals surface area contributed by atoms with E-state index in [1.165, 1.54) is 4.90 Å². The Kier molecular flexibility index (Phi) is 5.39. The normalized spacial score (nSPS) is 18.8. The van der Waals surface area contributed by atoms with Crippen LogP contribution >= 0.6 is 11.8 Å². The van der Waals surface area contributed by atoms with Crippen LogP contribution in [0.2, 0.25) is 0 Å². The van der Waals surface area contributed by atoms with Crippen molar-refractivity contribution in [1.29, 1.82) is 0 Å². The van der Waals surface area contributed by atoms with E-state index in [9.17, 15) is 4.79 Å². The molecule has 1 aromatic heterocycles. The summed E-state index contributed by atoms with van der Waals surface area (Å²) in [5, 5.41) is 4.80. The molecule has 2 fully saturated rings. The number of nitrogens with zero attached hydrogens (tertiary/aromatic N) is 4. The van der Waals surface area contributed by atoms with Gasteiger partial charge in [-0.3, -0.25) is 9.69 Å². The van der Waals surface area contributed by atoms with E-state index in [0.717, 1.165) is 67.9 Å². The SMILES string of the molecule is CSc1ccc(-c2nn(C3CC3)c(=O)c(CN3CCN(C)CC3)c2C)cc1. The average Bonchev–Trinajstić information content (AvgIpc) is 3.52. The fourth-order valence-corrected chi connectivity index (χ4v) is 4.08. The molecule has 1 aliphatic carbocycles. The molecule has 0 atom stereocenters. The van der Waals surface area contributed by atoms with Crippen LogP contribution in [0.5, 0.6) is 0 Å². The summed E-state index contributed by atoms with van der Waals surface area (Å²) >= 11 is 1.74. The second-order valence-electron chi connectivity index (χ2n) is 7.74. The van der Waals surface area contributed by atoms with Gasteiger partial charge in [0.15, 0.2) is 0 Å². The third kappa shape index (κ3) is 3.98. The maximum atomic E-state index is 13.2. The van der Waals surface area contributed by atoms with Crippen LogP contribution in [0.25, 0.3) is 11.3 Å². The van der Waals surface area contributed by atoms with Crippen molar-refractivity contribution in [3.05, 3.63) is 45.7 Å². The quantitative estimate of drug-likeness (QED) is 0.741. The number of rotatable bonds is 5. The predicted molar refractivity (Wildman–Crippen MR) is 111 cm³/mol.